The number of piperazine rings is 1. The Morgan fingerprint density at radius 3 is 2.28 bits per heavy atom. The zero-order chi connectivity index (χ0) is 18.1. The van der Waals surface area contributed by atoms with Gasteiger partial charge in [0.2, 0.25) is 0 Å². The molecule has 0 aliphatic carbocycles. The molecule has 1 aliphatic rings. The molecule has 0 radical (unpaired) electrons. The lowest BCUT2D eigenvalue weighted by molar-refractivity contribution is -0.384. The van der Waals surface area contributed by atoms with Gasteiger partial charge in [0.1, 0.15) is 17.2 Å². The lowest BCUT2D eigenvalue weighted by Crippen LogP contribution is -2.49. The van der Waals surface area contributed by atoms with Crippen LogP contribution in [-0.2, 0) is 0 Å². The number of hydrogen-bond donors (Lipinski definition) is 0. The van der Waals surface area contributed by atoms with Gasteiger partial charge in [0.25, 0.3) is 11.6 Å². The molecule has 0 bridgehead atoms. The molecule has 7 nitrogen and oxygen atoms in total. The van der Waals surface area contributed by atoms with Crippen molar-refractivity contribution >= 4 is 17.3 Å². The van der Waals surface area contributed by atoms with E-state index in [0.717, 1.165) is 11.3 Å². The number of benzene rings is 1. The summed E-state index contributed by atoms with van der Waals surface area (Å²) < 4.78 is 5.56. The van der Waals surface area contributed by atoms with E-state index in [1.54, 1.807) is 30.0 Å². The van der Waals surface area contributed by atoms with Crippen LogP contribution in [0, 0.1) is 30.9 Å². The molecule has 1 aromatic carbocycles. The predicted molar refractivity (Wildman–Crippen MR) is 94.1 cm³/mol. The van der Waals surface area contributed by atoms with E-state index in [0.29, 0.717) is 43.2 Å². The van der Waals surface area contributed by atoms with Gasteiger partial charge in [-0.05, 0) is 26.8 Å². The van der Waals surface area contributed by atoms with E-state index in [1.165, 1.54) is 6.07 Å². The highest BCUT2D eigenvalue weighted by atomic mass is 16.6. The van der Waals surface area contributed by atoms with Gasteiger partial charge in [-0.1, -0.05) is 12.1 Å². The van der Waals surface area contributed by atoms with Gasteiger partial charge in [0.15, 0.2) is 0 Å². The normalized spacial score (nSPS) is 14.7. The maximum Gasteiger partial charge on any atom is 0.292 e. The van der Waals surface area contributed by atoms with Crippen molar-refractivity contribution in [2.24, 2.45) is 0 Å². The summed E-state index contributed by atoms with van der Waals surface area (Å²) in [6.07, 6.45) is 0. The number of amides is 1. The molecular formula is C18H21N3O4. The fourth-order valence-electron chi connectivity index (χ4n) is 3.30. The number of furan rings is 1. The molecule has 1 amide bonds. The molecular weight excluding hydrogens is 322 g/mol. The molecule has 1 fully saturated rings. The van der Waals surface area contributed by atoms with Crippen molar-refractivity contribution in [3.63, 3.8) is 0 Å². The third-order valence-corrected chi connectivity index (χ3v) is 4.76. The Bertz CT molecular complexity index is 820. The number of carbonyl (C=O) groups is 1. The van der Waals surface area contributed by atoms with Gasteiger partial charge in [0, 0.05) is 37.8 Å². The molecule has 7 heteroatoms. The van der Waals surface area contributed by atoms with Gasteiger partial charge >= 0.3 is 0 Å². The van der Waals surface area contributed by atoms with Crippen LogP contribution in [-0.4, -0.2) is 41.9 Å². The summed E-state index contributed by atoms with van der Waals surface area (Å²) in [7, 11) is 0. The molecule has 3 rings (SSSR count). The Kier molecular flexibility index (Phi) is 4.48. The Balaban J connectivity index is 1.74. The van der Waals surface area contributed by atoms with E-state index in [9.17, 15) is 14.9 Å². The molecule has 1 saturated heterocycles. The topological polar surface area (TPSA) is 79.8 Å². The molecule has 1 aromatic heterocycles. The average Bonchev–Trinajstić information content (AvgIpc) is 2.86. The number of nitro groups is 1. The number of para-hydroxylation sites is 2. The van der Waals surface area contributed by atoms with Crippen LogP contribution in [0.1, 0.15) is 27.4 Å². The number of anilines is 1. The largest absolute Gasteiger partial charge is 0.466 e. The third-order valence-electron chi connectivity index (χ3n) is 4.76. The smallest absolute Gasteiger partial charge is 0.292 e. The zero-order valence-electron chi connectivity index (χ0n) is 14.6. The second kappa shape index (κ2) is 6.58. The van der Waals surface area contributed by atoms with E-state index >= 15 is 0 Å². The quantitative estimate of drug-likeness (QED) is 0.632. The first kappa shape index (κ1) is 17.0. The van der Waals surface area contributed by atoms with Crippen molar-refractivity contribution in [1.29, 1.82) is 0 Å². The summed E-state index contributed by atoms with van der Waals surface area (Å²) >= 11 is 0. The zero-order valence-corrected chi connectivity index (χ0v) is 14.6. The Morgan fingerprint density at radius 2 is 1.72 bits per heavy atom. The van der Waals surface area contributed by atoms with E-state index in [2.05, 4.69) is 0 Å². The summed E-state index contributed by atoms with van der Waals surface area (Å²) in [6.45, 7) is 7.71. The molecule has 132 valence electrons. The monoisotopic (exact) mass is 343 g/mol. The number of nitrogens with zero attached hydrogens (tertiary/aromatic N) is 3. The summed E-state index contributed by atoms with van der Waals surface area (Å²) in [5.41, 5.74) is 2.21. The summed E-state index contributed by atoms with van der Waals surface area (Å²) in [4.78, 5) is 27.4. The van der Waals surface area contributed by atoms with Crippen molar-refractivity contribution in [3.05, 3.63) is 57.0 Å². The van der Waals surface area contributed by atoms with Gasteiger partial charge in [-0.2, -0.15) is 0 Å². The molecule has 0 spiro atoms. The Morgan fingerprint density at radius 1 is 1.08 bits per heavy atom. The maximum atomic E-state index is 12.8. The van der Waals surface area contributed by atoms with Gasteiger partial charge in [-0.25, -0.2) is 0 Å². The minimum Gasteiger partial charge on any atom is -0.466 e. The van der Waals surface area contributed by atoms with Crippen LogP contribution in [0.2, 0.25) is 0 Å². The highest BCUT2D eigenvalue weighted by molar-refractivity contribution is 5.97. The van der Waals surface area contributed by atoms with E-state index in [-0.39, 0.29) is 16.5 Å². The Labute approximate surface area is 146 Å². The maximum absolute atomic E-state index is 12.8. The number of rotatable bonds is 3. The lowest BCUT2D eigenvalue weighted by atomic mass is 10.1. The van der Waals surface area contributed by atoms with Crippen molar-refractivity contribution in [3.8, 4) is 0 Å². The molecule has 2 aromatic rings. The first-order valence-electron chi connectivity index (χ1n) is 8.24. The van der Waals surface area contributed by atoms with Gasteiger partial charge in [-0.15, -0.1) is 0 Å². The molecule has 0 unspecified atom stereocenters. The molecule has 1 aliphatic heterocycles. The highest BCUT2D eigenvalue weighted by Crippen LogP contribution is 2.29. The number of aryl methyl sites for hydroxylation is 2. The summed E-state index contributed by atoms with van der Waals surface area (Å²) in [6, 6.07) is 6.71. The Hall–Kier alpha value is -2.83. The summed E-state index contributed by atoms with van der Waals surface area (Å²) in [5.74, 6) is 1.37. The second-order valence-electron chi connectivity index (χ2n) is 6.24. The second-order valence-corrected chi connectivity index (χ2v) is 6.24. The van der Waals surface area contributed by atoms with Gasteiger partial charge < -0.3 is 14.2 Å². The first-order chi connectivity index (χ1) is 11.9. The summed E-state index contributed by atoms with van der Waals surface area (Å²) in [5, 5.41) is 11.2. The third kappa shape index (κ3) is 3.09. The number of nitro benzene ring substituents is 1. The SMILES string of the molecule is Cc1oc(C)c(C(=O)N2CCN(c3ccccc3[N+](=O)[O-])CC2)c1C. The standard InChI is InChI=1S/C18H21N3O4/c1-12-13(2)25-14(3)17(12)18(22)20-10-8-19(9-11-20)15-6-4-5-7-16(15)21(23)24/h4-7H,8-11H2,1-3H3. The number of hydrogen-bond acceptors (Lipinski definition) is 5. The molecule has 25 heavy (non-hydrogen) atoms. The van der Waals surface area contributed by atoms with Crippen LogP contribution in [0.15, 0.2) is 28.7 Å². The van der Waals surface area contributed by atoms with E-state index < -0.39 is 0 Å². The van der Waals surface area contributed by atoms with Crippen molar-refractivity contribution in [1.82, 2.24) is 4.90 Å². The van der Waals surface area contributed by atoms with E-state index in [1.807, 2.05) is 18.7 Å². The molecule has 2 heterocycles. The minimum absolute atomic E-state index is 0.0333. The van der Waals surface area contributed by atoms with Crippen LogP contribution in [0.25, 0.3) is 0 Å². The predicted octanol–water partition coefficient (Wildman–Crippen LogP) is 3.08. The first-order valence-corrected chi connectivity index (χ1v) is 8.24. The van der Waals surface area contributed by atoms with Crippen molar-refractivity contribution < 1.29 is 14.1 Å². The fourth-order valence-corrected chi connectivity index (χ4v) is 3.30. The van der Waals surface area contributed by atoms with Gasteiger partial charge in [-0.3, -0.25) is 14.9 Å². The molecule has 0 N–H and O–H groups in total. The van der Waals surface area contributed by atoms with E-state index in [4.69, 9.17) is 4.42 Å². The average molecular weight is 343 g/mol. The van der Waals surface area contributed by atoms with Crippen LogP contribution in [0.4, 0.5) is 11.4 Å². The minimum atomic E-state index is -0.367. The lowest BCUT2D eigenvalue weighted by Gasteiger charge is -2.35. The van der Waals surface area contributed by atoms with Gasteiger partial charge in [0.05, 0.1) is 10.5 Å². The van der Waals surface area contributed by atoms with Crippen molar-refractivity contribution in [2.75, 3.05) is 31.1 Å². The van der Waals surface area contributed by atoms with Crippen LogP contribution >= 0.6 is 0 Å². The van der Waals surface area contributed by atoms with Crippen LogP contribution < -0.4 is 4.90 Å². The van der Waals surface area contributed by atoms with Crippen LogP contribution in [0.5, 0.6) is 0 Å². The molecule has 0 atom stereocenters. The van der Waals surface area contributed by atoms with Crippen LogP contribution in [0.3, 0.4) is 0 Å². The highest BCUT2D eigenvalue weighted by Gasteiger charge is 2.28. The molecule has 0 saturated carbocycles. The number of carbonyl (C=O) groups excluding carboxylic acids is 1. The van der Waals surface area contributed by atoms with Crippen molar-refractivity contribution in [2.45, 2.75) is 20.8 Å². The fraction of sp³-hybridized carbons (Fsp3) is 0.389.